The summed E-state index contributed by atoms with van der Waals surface area (Å²) >= 11 is 0. The molecule has 17 heavy (non-hydrogen) atoms. The molecule has 0 aromatic carbocycles. The molecule has 0 saturated carbocycles. The Kier molecular flexibility index (Phi) is 2.38. The molecule has 7 nitrogen and oxygen atoms in total. The highest BCUT2D eigenvalue weighted by Gasteiger charge is 2.12. The molecule has 0 atom stereocenters. The number of rotatable bonds is 1. The molecule has 0 amide bonds. The molecule has 2 aromatic rings. The number of nitrogens with one attached hydrogen (secondary N) is 1. The van der Waals surface area contributed by atoms with Gasteiger partial charge in [-0.05, 0) is 0 Å². The normalized spacial score (nSPS) is 10.8. The fraction of sp³-hybridized carbons (Fsp3) is 0.300. The Balaban J connectivity index is 3.18. The van der Waals surface area contributed by atoms with Crippen LogP contribution in [0.5, 0.6) is 5.88 Å². The number of aromatic nitrogens is 3. The first-order chi connectivity index (χ1) is 7.97. The van der Waals surface area contributed by atoms with Crippen molar-refractivity contribution in [3.05, 3.63) is 37.1 Å². The monoisotopic (exact) mass is 237 g/mol. The van der Waals surface area contributed by atoms with Crippen LogP contribution < -0.4 is 21.4 Å². The second-order valence-corrected chi connectivity index (χ2v) is 3.63. The average Bonchev–Trinajstić information content (AvgIpc) is 2.32. The molecule has 0 radical (unpaired) electrons. The molecule has 0 fully saturated rings. The van der Waals surface area contributed by atoms with Crippen molar-refractivity contribution in [2.75, 3.05) is 7.11 Å². The van der Waals surface area contributed by atoms with E-state index in [0.717, 1.165) is 4.57 Å². The van der Waals surface area contributed by atoms with E-state index in [2.05, 4.69) is 4.98 Å². The molecule has 0 bridgehead atoms. The predicted molar refractivity (Wildman–Crippen MR) is 61.6 cm³/mol. The largest absolute Gasteiger partial charge is 0.482 e. The van der Waals surface area contributed by atoms with Crippen molar-refractivity contribution in [1.82, 2.24) is 14.1 Å². The number of hydrogen-bond donors (Lipinski definition) is 1. The third kappa shape index (κ3) is 1.47. The van der Waals surface area contributed by atoms with Crippen LogP contribution in [0, 0.1) is 0 Å². The van der Waals surface area contributed by atoms with Crippen molar-refractivity contribution in [1.29, 1.82) is 0 Å². The predicted octanol–water partition coefficient (Wildman–Crippen LogP) is -1.07. The van der Waals surface area contributed by atoms with Gasteiger partial charge in [-0.1, -0.05) is 0 Å². The Morgan fingerprint density at radius 1 is 1.18 bits per heavy atom. The first kappa shape index (κ1) is 11.2. The van der Waals surface area contributed by atoms with Gasteiger partial charge in [0.25, 0.3) is 5.56 Å². The Labute approximate surface area is 94.9 Å². The third-order valence-corrected chi connectivity index (χ3v) is 2.63. The lowest BCUT2D eigenvalue weighted by atomic mass is 10.3. The van der Waals surface area contributed by atoms with E-state index in [1.165, 1.54) is 31.8 Å². The van der Waals surface area contributed by atoms with Crippen LogP contribution in [0.1, 0.15) is 0 Å². The fourth-order valence-electron chi connectivity index (χ4n) is 1.67. The lowest BCUT2D eigenvalue weighted by molar-refractivity contribution is 0.398. The van der Waals surface area contributed by atoms with Crippen molar-refractivity contribution in [2.24, 2.45) is 14.1 Å². The van der Waals surface area contributed by atoms with Crippen LogP contribution in [-0.4, -0.2) is 21.2 Å². The van der Waals surface area contributed by atoms with Gasteiger partial charge in [-0.15, -0.1) is 0 Å². The number of aromatic amines is 1. The van der Waals surface area contributed by atoms with Gasteiger partial charge < -0.3 is 9.72 Å². The van der Waals surface area contributed by atoms with Gasteiger partial charge in [0, 0.05) is 20.2 Å². The van der Waals surface area contributed by atoms with Crippen LogP contribution in [0.15, 0.2) is 20.4 Å². The minimum atomic E-state index is -0.619. The van der Waals surface area contributed by atoms with E-state index in [-0.39, 0.29) is 16.9 Å². The highest BCUT2D eigenvalue weighted by Crippen LogP contribution is 2.06. The Hall–Kier alpha value is -2.31. The van der Waals surface area contributed by atoms with E-state index < -0.39 is 16.7 Å². The zero-order valence-electron chi connectivity index (χ0n) is 9.60. The Bertz CT molecular complexity index is 766. The van der Waals surface area contributed by atoms with Crippen molar-refractivity contribution in [2.45, 2.75) is 0 Å². The maximum absolute atomic E-state index is 11.8. The van der Waals surface area contributed by atoms with E-state index >= 15 is 0 Å². The molecule has 0 aliphatic heterocycles. The number of fused-ring (bicyclic) bond motifs is 1. The van der Waals surface area contributed by atoms with Gasteiger partial charge in [-0.2, -0.15) is 0 Å². The molecule has 0 unspecified atom stereocenters. The summed E-state index contributed by atoms with van der Waals surface area (Å²) in [6.45, 7) is 0. The maximum atomic E-state index is 11.8. The van der Waals surface area contributed by atoms with Crippen molar-refractivity contribution < 1.29 is 4.74 Å². The smallest absolute Gasteiger partial charge is 0.332 e. The second-order valence-electron chi connectivity index (χ2n) is 3.63. The molecule has 2 heterocycles. The highest BCUT2D eigenvalue weighted by molar-refractivity contribution is 5.74. The van der Waals surface area contributed by atoms with Crippen molar-refractivity contribution in [3.63, 3.8) is 0 Å². The lowest BCUT2D eigenvalue weighted by Gasteiger charge is -2.08. The van der Waals surface area contributed by atoms with Crippen LogP contribution >= 0.6 is 0 Å². The molecule has 2 rings (SSSR count). The summed E-state index contributed by atoms with van der Waals surface area (Å²) in [5.74, 6) is 0.200. The summed E-state index contributed by atoms with van der Waals surface area (Å²) < 4.78 is 6.98. The maximum Gasteiger partial charge on any atom is 0.332 e. The van der Waals surface area contributed by atoms with Gasteiger partial charge in [-0.25, -0.2) is 4.79 Å². The van der Waals surface area contributed by atoms with E-state index in [1.807, 2.05) is 0 Å². The number of nitrogens with zero attached hydrogens (tertiary/aromatic N) is 2. The molecular weight excluding hydrogens is 226 g/mol. The Morgan fingerprint density at radius 3 is 2.41 bits per heavy atom. The standard InChI is InChI=1S/C10H11N3O4/c1-12-8-7(9(15)13(2)10(12)16)5(14)4-6(11-8)17-3/h4H,1-3H3,(H,11,14). The van der Waals surface area contributed by atoms with E-state index in [9.17, 15) is 14.4 Å². The van der Waals surface area contributed by atoms with E-state index in [1.54, 1.807) is 0 Å². The summed E-state index contributed by atoms with van der Waals surface area (Å²) in [5, 5.41) is -0.0598. The van der Waals surface area contributed by atoms with Gasteiger partial charge in [0.2, 0.25) is 0 Å². The summed E-state index contributed by atoms with van der Waals surface area (Å²) in [7, 11) is 4.18. The summed E-state index contributed by atoms with van der Waals surface area (Å²) in [6, 6.07) is 1.17. The van der Waals surface area contributed by atoms with Crippen LogP contribution in [-0.2, 0) is 14.1 Å². The van der Waals surface area contributed by atoms with Crippen LogP contribution in [0.2, 0.25) is 0 Å². The summed E-state index contributed by atoms with van der Waals surface area (Å²) in [5.41, 5.74) is -1.45. The summed E-state index contributed by atoms with van der Waals surface area (Å²) in [6.07, 6.45) is 0. The number of aryl methyl sites for hydroxylation is 1. The van der Waals surface area contributed by atoms with Gasteiger partial charge in [0.15, 0.2) is 11.3 Å². The number of ether oxygens (including phenoxy) is 1. The van der Waals surface area contributed by atoms with Crippen LogP contribution in [0.25, 0.3) is 11.0 Å². The quantitative estimate of drug-likeness (QED) is 0.684. The first-order valence-electron chi connectivity index (χ1n) is 4.84. The number of hydrogen-bond acceptors (Lipinski definition) is 4. The van der Waals surface area contributed by atoms with Gasteiger partial charge >= 0.3 is 5.69 Å². The zero-order valence-corrected chi connectivity index (χ0v) is 9.60. The third-order valence-electron chi connectivity index (χ3n) is 2.63. The molecule has 2 aromatic heterocycles. The number of H-pyrrole nitrogens is 1. The van der Waals surface area contributed by atoms with Gasteiger partial charge in [0.1, 0.15) is 11.0 Å². The summed E-state index contributed by atoms with van der Waals surface area (Å²) in [4.78, 5) is 38.0. The molecule has 0 aliphatic carbocycles. The Morgan fingerprint density at radius 2 is 1.82 bits per heavy atom. The topological polar surface area (TPSA) is 86.1 Å². The molecule has 0 saturated heterocycles. The number of pyridine rings is 1. The van der Waals surface area contributed by atoms with Crippen molar-refractivity contribution >= 4 is 11.0 Å². The molecule has 90 valence electrons. The minimum Gasteiger partial charge on any atom is -0.482 e. The minimum absolute atomic E-state index is 0.0598. The number of methoxy groups -OCH3 is 1. The van der Waals surface area contributed by atoms with E-state index in [0.29, 0.717) is 0 Å². The van der Waals surface area contributed by atoms with E-state index in [4.69, 9.17) is 4.74 Å². The lowest BCUT2D eigenvalue weighted by Crippen LogP contribution is -2.39. The first-order valence-corrected chi connectivity index (χ1v) is 4.84. The average molecular weight is 237 g/mol. The van der Waals surface area contributed by atoms with Crippen molar-refractivity contribution in [3.8, 4) is 5.88 Å². The molecular formula is C10H11N3O4. The van der Waals surface area contributed by atoms with Crippen LogP contribution in [0.3, 0.4) is 0 Å². The molecule has 0 aliphatic rings. The SMILES string of the molecule is COc1cc(=O)c2c(=O)n(C)c(=O)n(C)c2[nH]1. The van der Waals surface area contributed by atoms with Gasteiger partial charge in [0.05, 0.1) is 7.11 Å². The van der Waals surface area contributed by atoms with Crippen LogP contribution in [0.4, 0.5) is 0 Å². The van der Waals surface area contributed by atoms with Gasteiger partial charge in [-0.3, -0.25) is 18.7 Å². The molecule has 0 spiro atoms. The highest BCUT2D eigenvalue weighted by atomic mass is 16.5. The molecule has 7 heteroatoms. The molecule has 1 N–H and O–H groups in total. The zero-order chi connectivity index (χ0) is 12.7. The fourth-order valence-corrected chi connectivity index (χ4v) is 1.67. The second kappa shape index (κ2) is 3.62.